The highest BCUT2D eigenvalue weighted by Crippen LogP contribution is 2.25. The van der Waals surface area contributed by atoms with Gasteiger partial charge in [0, 0.05) is 12.1 Å². The number of carbonyl (C=O) groups excluding carboxylic acids is 1. The van der Waals surface area contributed by atoms with E-state index in [2.05, 4.69) is 5.32 Å². The summed E-state index contributed by atoms with van der Waals surface area (Å²) < 4.78 is 0. The van der Waals surface area contributed by atoms with Crippen LogP contribution in [0.15, 0.2) is 0 Å². The second-order valence-electron chi connectivity index (χ2n) is 5.40. The Bertz CT molecular complexity index is 388. The number of nitrogens with one attached hydrogen (secondary N) is 1. The molecule has 3 N–H and O–H groups in total. The minimum Gasteiger partial charge on any atom is -0.481 e. The third-order valence-corrected chi connectivity index (χ3v) is 3.84. The Hall–Kier alpha value is -1.63. The van der Waals surface area contributed by atoms with E-state index in [4.69, 9.17) is 10.2 Å². The maximum Gasteiger partial charge on any atom is 0.326 e. The Labute approximate surface area is 117 Å². The maximum atomic E-state index is 12.1. The van der Waals surface area contributed by atoms with E-state index >= 15 is 0 Å². The number of hydrogen-bond donors (Lipinski definition) is 3. The number of carboxylic acids is 2. The molecule has 0 bridgehead atoms. The smallest absolute Gasteiger partial charge is 0.326 e. The number of hydrogen-bond acceptors (Lipinski definition) is 4. The van der Waals surface area contributed by atoms with Gasteiger partial charge in [0.05, 0.1) is 12.5 Å². The third-order valence-electron chi connectivity index (χ3n) is 3.84. The van der Waals surface area contributed by atoms with Gasteiger partial charge in [-0.2, -0.15) is 0 Å². The predicted octanol–water partition coefficient (Wildman–Crippen LogP) is 0.292. The molecular weight excluding hydrogens is 264 g/mol. The first-order chi connectivity index (χ1) is 9.23. The van der Waals surface area contributed by atoms with Crippen LogP contribution in [-0.2, 0) is 14.4 Å². The second-order valence-corrected chi connectivity index (χ2v) is 5.40. The van der Waals surface area contributed by atoms with Gasteiger partial charge in [0.2, 0.25) is 5.91 Å². The van der Waals surface area contributed by atoms with Gasteiger partial charge >= 0.3 is 11.9 Å². The molecule has 1 aliphatic heterocycles. The summed E-state index contributed by atoms with van der Waals surface area (Å²) in [5.74, 6) is -3.04. The normalized spacial score (nSPS) is 25.9. The van der Waals surface area contributed by atoms with E-state index in [0.29, 0.717) is 0 Å². The molecule has 1 amide bonds. The maximum absolute atomic E-state index is 12.1. The molecule has 0 radical (unpaired) electrons. The molecule has 0 saturated carbocycles. The minimum absolute atomic E-state index is 0.258. The van der Waals surface area contributed by atoms with Crippen LogP contribution < -0.4 is 5.32 Å². The van der Waals surface area contributed by atoms with Gasteiger partial charge in [0.1, 0.15) is 6.04 Å². The Morgan fingerprint density at radius 2 is 1.70 bits per heavy atom. The lowest BCUT2D eigenvalue weighted by atomic mass is 10.1. The number of carboxylic acid groups (broad SMARTS) is 2. The zero-order chi connectivity index (χ0) is 15.4. The summed E-state index contributed by atoms with van der Waals surface area (Å²) in [7, 11) is 0. The molecule has 20 heavy (non-hydrogen) atoms. The van der Waals surface area contributed by atoms with Crippen molar-refractivity contribution >= 4 is 17.8 Å². The lowest BCUT2D eigenvalue weighted by molar-refractivity contribution is -0.147. The molecule has 0 spiro atoms. The van der Waals surface area contributed by atoms with Crippen molar-refractivity contribution in [3.05, 3.63) is 0 Å². The SMILES string of the molecule is CC1CCC(C)N1C(C)C(=O)N[C@@H](CC(=O)O)C(=O)O. The number of nitrogens with zero attached hydrogens (tertiary/aromatic N) is 1. The van der Waals surface area contributed by atoms with E-state index in [1.54, 1.807) is 6.92 Å². The molecule has 7 nitrogen and oxygen atoms in total. The summed E-state index contributed by atoms with van der Waals surface area (Å²) in [6.07, 6.45) is 1.37. The Morgan fingerprint density at radius 1 is 1.20 bits per heavy atom. The van der Waals surface area contributed by atoms with E-state index in [1.807, 2.05) is 18.7 Å². The molecule has 3 unspecified atom stereocenters. The molecule has 1 heterocycles. The fraction of sp³-hybridized carbons (Fsp3) is 0.769. The molecule has 0 aromatic carbocycles. The van der Waals surface area contributed by atoms with E-state index in [9.17, 15) is 14.4 Å². The average Bonchev–Trinajstić information content (AvgIpc) is 2.66. The van der Waals surface area contributed by atoms with Crippen molar-refractivity contribution in [2.24, 2.45) is 0 Å². The molecule has 1 saturated heterocycles. The van der Waals surface area contributed by atoms with Crippen LogP contribution in [0.2, 0.25) is 0 Å². The number of aliphatic carboxylic acids is 2. The number of carbonyl (C=O) groups is 3. The third kappa shape index (κ3) is 3.93. The highest BCUT2D eigenvalue weighted by Gasteiger charge is 2.35. The molecule has 0 aromatic rings. The van der Waals surface area contributed by atoms with Crippen molar-refractivity contribution in [2.75, 3.05) is 0 Å². The van der Waals surface area contributed by atoms with E-state index in [0.717, 1.165) is 12.8 Å². The van der Waals surface area contributed by atoms with Gasteiger partial charge < -0.3 is 15.5 Å². The molecule has 0 aromatic heterocycles. The van der Waals surface area contributed by atoms with Crippen LogP contribution in [0.3, 0.4) is 0 Å². The highest BCUT2D eigenvalue weighted by atomic mass is 16.4. The van der Waals surface area contributed by atoms with Gasteiger partial charge in [-0.1, -0.05) is 0 Å². The van der Waals surface area contributed by atoms with Gasteiger partial charge in [-0.3, -0.25) is 14.5 Å². The molecule has 114 valence electrons. The average molecular weight is 286 g/mol. The van der Waals surface area contributed by atoms with Crippen molar-refractivity contribution in [2.45, 2.75) is 64.2 Å². The molecule has 1 aliphatic rings. The van der Waals surface area contributed by atoms with Crippen LogP contribution in [0, 0.1) is 0 Å². The molecule has 0 aliphatic carbocycles. The number of amides is 1. The zero-order valence-corrected chi connectivity index (χ0v) is 12.0. The monoisotopic (exact) mass is 286 g/mol. The van der Waals surface area contributed by atoms with Crippen LogP contribution in [0.1, 0.15) is 40.0 Å². The molecule has 4 atom stereocenters. The summed E-state index contributed by atoms with van der Waals surface area (Å²) in [4.78, 5) is 35.7. The second kappa shape index (κ2) is 6.69. The van der Waals surface area contributed by atoms with Crippen LogP contribution in [0.25, 0.3) is 0 Å². The lowest BCUT2D eigenvalue weighted by Gasteiger charge is -2.32. The van der Waals surface area contributed by atoms with Crippen molar-refractivity contribution in [3.63, 3.8) is 0 Å². The molecule has 1 rings (SSSR count). The van der Waals surface area contributed by atoms with Crippen molar-refractivity contribution in [1.82, 2.24) is 10.2 Å². The standard InChI is InChI=1S/C13H22N2O5/c1-7-4-5-8(2)15(7)9(3)12(18)14-10(13(19)20)6-11(16)17/h7-10H,4-6H2,1-3H3,(H,14,18)(H,16,17)(H,19,20)/t7?,8?,9?,10-/m0/s1. The molecule has 1 fully saturated rings. The van der Waals surface area contributed by atoms with Crippen LogP contribution in [0.4, 0.5) is 0 Å². The number of likely N-dealkylation sites (tertiary alicyclic amines) is 1. The summed E-state index contributed by atoms with van der Waals surface area (Å²) in [6.45, 7) is 5.77. The van der Waals surface area contributed by atoms with Gasteiger partial charge in [-0.05, 0) is 33.6 Å². The molecular formula is C13H22N2O5. The van der Waals surface area contributed by atoms with Gasteiger partial charge in [-0.15, -0.1) is 0 Å². The van der Waals surface area contributed by atoms with Crippen molar-refractivity contribution in [1.29, 1.82) is 0 Å². The summed E-state index contributed by atoms with van der Waals surface area (Å²) >= 11 is 0. The Kier molecular flexibility index (Phi) is 5.50. The van der Waals surface area contributed by atoms with Gasteiger partial charge in [0.25, 0.3) is 0 Å². The first-order valence-corrected chi connectivity index (χ1v) is 6.76. The Balaban J connectivity index is 2.68. The quantitative estimate of drug-likeness (QED) is 0.648. The lowest BCUT2D eigenvalue weighted by Crippen LogP contribution is -2.53. The van der Waals surface area contributed by atoms with E-state index in [1.165, 1.54) is 0 Å². The first kappa shape index (κ1) is 16.4. The largest absolute Gasteiger partial charge is 0.481 e. The fourth-order valence-corrected chi connectivity index (χ4v) is 2.78. The topological polar surface area (TPSA) is 107 Å². The summed E-state index contributed by atoms with van der Waals surface area (Å²) in [5.41, 5.74) is 0. The molecule has 7 heteroatoms. The van der Waals surface area contributed by atoms with Gasteiger partial charge in [-0.25, -0.2) is 4.79 Å². The minimum atomic E-state index is -1.39. The van der Waals surface area contributed by atoms with Crippen LogP contribution in [0.5, 0.6) is 0 Å². The van der Waals surface area contributed by atoms with E-state index < -0.39 is 36.4 Å². The summed E-state index contributed by atoms with van der Waals surface area (Å²) in [5, 5.41) is 19.9. The van der Waals surface area contributed by atoms with E-state index in [-0.39, 0.29) is 12.1 Å². The van der Waals surface area contributed by atoms with Crippen LogP contribution >= 0.6 is 0 Å². The van der Waals surface area contributed by atoms with Crippen molar-refractivity contribution < 1.29 is 24.6 Å². The Morgan fingerprint density at radius 3 is 2.10 bits per heavy atom. The fourth-order valence-electron chi connectivity index (χ4n) is 2.78. The number of rotatable bonds is 6. The first-order valence-electron chi connectivity index (χ1n) is 6.76. The summed E-state index contributed by atoms with van der Waals surface area (Å²) in [6, 6.07) is -1.35. The van der Waals surface area contributed by atoms with Crippen molar-refractivity contribution in [3.8, 4) is 0 Å². The highest BCUT2D eigenvalue weighted by molar-refractivity contribution is 5.89. The van der Waals surface area contributed by atoms with Gasteiger partial charge in [0.15, 0.2) is 0 Å². The van der Waals surface area contributed by atoms with Crippen LogP contribution in [-0.4, -0.2) is 57.1 Å². The zero-order valence-electron chi connectivity index (χ0n) is 12.0. The predicted molar refractivity (Wildman–Crippen MR) is 71.3 cm³/mol.